The number of hydrogen-bond acceptors (Lipinski definition) is 4. The molecule has 27 heavy (non-hydrogen) atoms. The van der Waals surface area contributed by atoms with Gasteiger partial charge in [-0.3, -0.25) is 4.79 Å². The fraction of sp³-hybridized carbons (Fsp3) is 0.0500. The third-order valence-corrected chi connectivity index (χ3v) is 6.29. The first-order valence-electron chi connectivity index (χ1n) is 7.98. The molecule has 0 saturated carbocycles. The number of halogens is 1. The molecule has 0 aromatic heterocycles. The molecule has 0 bridgehead atoms. The zero-order valence-corrected chi connectivity index (χ0v) is 16.8. The largest absolute Gasteiger partial charge is 0.497 e. The van der Waals surface area contributed by atoms with Crippen molar-refractivity contribution in [2.75, 3.05) is 11.4 Å². The Morgan fingerprint density at radius 2 is 1.48 bits per heavy atom. The number of methoxy groups -OCH3 is 1. The van der Waals surface area contributed by atoms with E-state index in [-0.39, 0.29) is 16.1 Å². The smallest absolute Gasteiger partial charge is 0.273 e. The predicted molar refractivity (Wildman–Crippen MR) is 108 cm³/mol. The van der Waals surface area contributed by atoms with E-state index in [1.165, 1.54) is 31.4 Å². The van der Waals surface area contributed by atoms with Crippen molar-refractivity contribution >= 4 is 37.5 Å². The summed E-state index contributed by atoms with van der Waals surface area (Å²) >= 11 is 3.32. The molecule has 1 amide bonds. The second kappa shape index (κ2) is 7.94. The number of carbonyl (C=O) groups is 1. The summed E-state index contributed by atoms with van der Waals surface area (Å²) in [5.74, 6) is -0.0966. The van der Waals surface area contributed by atoms with Crippen LogP contribution in [0.1, 0.15) is 10.4 Å². The highest BCUT2D eigenvalue weighted by Gasteiger charge is 2.32. The zero-order valence-electron chi connectivity index (χ0n) is 14.4. The van der Waals surface area contributed by atoms with Crippen molar-refractivity contribution < 1.29 is 17.9 Å². The fourth-order valence-electron chi connectivity index (χ4n) is 2.52. The molecule has 0 unspecified atom stereocenters. The van der Waals surface area contributed by atoms with Crippen LogP contribution in [0.3, 0.4) is 0 Å². The summed E-state index contributed by atoms with van der Waals surface area (Å²) in [6, 6.07) is 20.8. The van der Waals surface area contributed by atoms with Crippen LogP contribution in [0.5, 0.6) is 5.75 Å². The van der Waals surface area contributed by atoms with Crippen LogP contribution in [0.25, 0.3) is 0 Å². The van der Waals surface area contributed by atoms with Crippen LogP contribution >= 0.6 is 15.9 Å². The summed E-state index contributed by atoms with van der Waals surface area (Å²) in [7, 11) is -2.60. The monoisotopic (exact) mass is 445 g/mol. The standard InChI is InChI=1S/C20H16BrNO4S/c1-26-16-13-11-15(12-14-16)22(20(23)18-9-5-6-10-19(18)21)27(24,25)17-7-3-2-4-8-17/h2-14H,1H3. The fourth-order valence-corrected chi connectivity index (χ4v) is 4.41. The Balaban J connectivity index is 2.17. The van der Waals surface area contributed by atoms with Crippen molar-refractivity contribution in [1.82, 2.24) is 0 Å². The van der Waals surface area contributed by atoms with E-state index in [0.717, 1.165) is 4.31 Å². The minimum absolute atomic E-state index is 0.0289. The molecule has 0 saturated heterocycles. The van der Waals surface area contributed by atoms with E-state index in [9.17, 15) is 13.2 Å². The highest BCUT2D eigenvalue weighted by Crippen LogP contribution is 2.29. The number of sulfonamides is 1. The van der Waals surface area contributed by atoms with E-state index < -0.39 is 15.9 Å². The van der Waals surface area contributed by atoms with E-state index in [2.05, 4.69) is 15.9 Å². The molecule has 3 aromatic carbocycles. The zero-order chi connectivity index (χ0) is 19.4. The molecule has 138 valence electrons. The molecule has 3 rings (SSSR count). The van der Waals surface area contributed by atoms with Crippen molar-refractivity contribution in [2.24, 2.45) is 0 Å². The number of carbonyl (C=O) groups excluding carboxylic acids is 1. The molecule has 0 atom stereocenters. The summed E-state index contributed by atoms with van der Waals surface area (Å²) < 4.78 is 33.0. The van der Waals surface area contributed by atoms with Gasteiger partial charge in [-0.05, 0) is 64.5 Å². The van der Waals surface area contributed by atoms with E-state index in [1.54, 1.807) is 54.6 Å². The number of benzene rings is 3. The van der Waals surface area contributed by atoms with Gasteiger partial charge in [0, 0.05) is 4.47 Å². The quantitative estimate of drug-likeness (QED) is 0.579. The van der Waals surface area contributed by atoms with Gasteiger partial charge in [0.2, 0.25) is 0 Å². The SMILES string of the molecule is COc1ccc(N(C(=O)c2ccccc2Br)S(=O)(=O)c2ccccc2)cc1. The number of ether oxygens (including phenoxy) is 1. The molecule has 3 aromatic rings. The number of nitrogens with zero attached hydrogens (tertiary/aromatic N) is 1. The lowest BCUT2D eigenvalue weighted by molar-refractivity contribution is 0.100. The molecule has 0 aliphatic heterocycles. The van der Waals surface area contributed by atoms with Crippen molar-refractivity contribution in [2.45, 2.75) is 4.90 Å². The van der Waals surface area contributed by atoms with Crippen LogP contribution in [0.4, 0.5) is 5.69 Å². The lowest BCUT2D eigenvalue weighted by Crippen LogP contribution is -2.37. The van der Waals surface area contributed by atoms with Gasteiger partial charge in [0.05, 0.1) is 23.3 Å². The van der Waals surface area contributed by atoms with E-state index >= 15 is 0 Å². The minimum Gasteiger partial charge on any atom is -0.497 e. The molecule has 0 spiro atoms. The highest BCUT2D eigenvalue weighted by molar-refractivity contribution is 9.10. The van der Waals surface area contributed by atoms with E-state index in [4.69, 9.17) is 4.74 Å². The summed E-state index contributed by atoms with van der Waals surface area (Å²) in [4.78, 5) is 13.3. The van der Waals surface area contributed by atoms with Crippen molar-refractivity contribution in [3.63, 3.8) is 0 Å². The molecule has 0 aliphatic carbocycles. The number of hydrogen-bond donors (Lipinski definition) is 0. The Morgan fingerprint density at radius 3 is 2.07 bits per heavy atom. The van der Waals surface area contributed by atoms with Gasteiger partial charge < -0.3 is 4.74 Å². The Hall–Kier alpha value is -2.64. The summed E-state index contributed by atoms with van der Waals surface area (Å²) in [6.45, 7) is 0. The lowest BCUT2D eigenvalue weighted by atomic mass is 10.2. The first kappa shape index (κ1) is 19.1. The van der Waals surface area contributed by atoms with Crippen molar-refractivity contribution in [3.05, 3.63) is 88.9 Å². The van der Waals surface area contributed by atoms with Crippen LogP contribution in [0.15, 0.2) is 88.2 Å². The normalized spacial score (nSPS) is 11.0. The topological polar surface area (TPSA) is 63.7 Å². The molecule has 0 fully saturated rings. The van der Waals surface area contributed by atoms with Crippen LogP contribution in [0.2, 0.25) is 0 Å². The molecular formula is C20H16BrNO4S. The Kier molecular flexibility index (Phi) is 5.62. The molecule has 0 aliphatic rings. The molecule has 7 heteroatoms. The number of amides is 1. The third-order valence-electron chi connectivity index (χ3n) is 3.88. The molecule has 0 N–H and O–H groups in total. The van der Waals surface area contributed by atoms with Crippen molar-refractivity contribution in [1.29, 1.82) is 0 Å². The van der Waals surface area contributed by atoms with Crippen LogP contribution in [-0.4, -0.2) is 21.4 Å². The first-order valence-corrected chi connectivity index (χ1v) is 10.2. The van der Waals surface area contributed by atoms with Gasteiger partial charge in [-0.1, -0.05) is 30.3 Å². The average Bonchev–Trinajstić information content (AvgIpc) is 2.69. The maximum absolute atomic E-state index is 13.3. The Labute approximate surface area is 166 Å². The summed E-state index contributed by atoms with van der Waals surface area (Å²) in [5.41, 5.74) is 0.466. The van der Waals surface area contributed by atoms with Crippen molar-refractivity contribution in [3.8, 4) is 5.75 Å². The van der Waals surface area contributed by atoms with Crippen LogP contribution < -0.4 is 9.04 Å². The van der Waals surface area contributed by atoms with Gasteiger partial charge in [-0.2, -0.15) is 4.31 Å². The van der Waals surface area contributed by atoms with Gasteiger partial charge in [0.15, 0.2) is 0 Å². The first-order chi connectivity index (χ1) is 12.9. The van der Waals surface area contributed by atoms with Gasteiger partial charge >= 0.3 is 0 Å². The molecule has 5 nitrogen and oxygen atoms in total. The molecule has 0 radical (unpaired) electrons. The minimum atomic E-state index is -4.12. The summed E-state index contributed by atoms with van der Waals surface area (Å²) in [5, 5.41) is 0. The predicted octanol–water partition coefficient (Wildman–Crippen LogP) is 4.49. The van der Waals surface area contributed by atoms with E-state index in [0.29, 0.717) is 10.2 Å². The van der Waals surface area contributed by atoms with E-state index in [1.807, 2.05) is 0 Å². The van der Waals surface area contributed by atoms with Gasteiger partial charge in [-0.15, -0.1) is 0 Å². The molecule has 0 heterocycles. The number of rotatable bonds is 5. The lowest BCUT2D eigenvalue weighted by Gasteiger charge is -2.23. The number of anilines is 1. The third kappa shape index (κ3) is 3.89. The Morgan fingerprint density at radius 1 is 0.889 bits per heavy atom. The van der Waals surface area contributed by atoms with Gasteiger partial charge in [0.1, 0.15) is 5.75 Å². The Bertz CT molecular complexity index is 1050. The second-order valence-electron chi connectivity index (χ2n) is 5.57. The van der Waals surface area contributed by atoms with Gasteiger partial charge in [0.25, 0.3) is 15.9 Å². The van der Waals surface area contributed by atoms with Crippen LogP contribution in [0, 0.1) is 0 Å². The van der Waals surface area contributed by atoms with Gasteiger partial charge in [-0.25, -0.2) is 8.42 Å². The maximum Gasteiger partial charge on any atom is 0.273 e. The molecular weight excluding hydrogens is 430 g/mol. The van der Waals surface area contributed by atoms with Crippen LogP contribution in [-0.2, 0) is 10.0 Å². The second-order valence-corrected chi connectivity index (χ2v) is 8.21. The summed E-state index contributed by atoms with van der Waals surface area (Å²) in [6.07, 6.45) is 0. The highest BCUT2D eigenvalue weighted by atomic mass is 79.9. The maximum atomic E-state index is 13.3. The average molecular weight is 446 g/mol.